The SMILES string of the molecule is C[C@H](CCCOP(=O)(O)N[C@@H](CCC(=O)O)C(=O)O)NC(=O)CC[C@H](NC(=O)CCCCCNC(=O)CC[C@@H](NC(=O)CCOCCOCCOCCOCCNC(=O)CCC(=O)C1Cc2ccccc2/C=C\c2ccccc21)C(=O)N[C@@H](CCCCNC(=O)CCCc1ccc(I)cc1)C(=O)O)C(=O)O. The summed E-state index contributed by atoms with van der Waals surface area (Å²) in [7, 11) is -4.62. The van der Waals surface area contributed by atoms with Crippen LogP contribution in [0.25, 0.3) is 12.2 Å². The third-order valence-corrected chi connectivity index (χ3v) is 18.7. The molecule has 0 fully saturated rings. The zero-order chi connectivity index (χ0) is 77.5. The van der Waals surface area contributed by atoms with E-state index in [1.165, 1.54) is 0 Å². The van der Waals surface area contributed by atoms with E-state index in [9.17, 15) is 82.3 Å². The molecule has 2 unspecified atom stereocenters. The van der Waals surface area contributed by atoms with Crippen molar-refractivity contribution in [1.82, 2.24) is 42.3 Å². The lowest BCUT2D eigenvalue weighted by atomic mass is 9.81. The lowest BCUT2D eigenvalue weighted by Crippen LogP contribution is -2.52. The van der Waals surface area contributed by atoms with Crippen LogP contribution in [0.4, 0.5) is 0 Å². The summed E-state index contributed by atoms with van der Waals surface area (Å²) in [4.78, 5) is 160. The van der Waals surface area contributed by atoms with Crippen molar-refractivity contribution in [1.29, 1.82) is 0 Å². The first kappa shape index (κ1) is 90.3. The van der Waals surface area contributed by atoms with E-state index in [1.54, 1.807) is 6.92 Å². The maximum atomic E-state index is 13.7. The molecule has 31 nitrogen and oxygen atoms in total. The molecule has 0 spiro atoms. The van der Waals surface area contributed by atoms with Crippen molar-refractivity contribution >= 4 is 114 Å². The number of ketones is 1. The van der Waals surface area contributed by atoms with E-state index in [0.29, 0.717) is 57.9 Å². The highest BCUT2D eigenvalue weighted by molar-refractivity contribution is 14.1. The van der Waals surface area contributed by atoms with Crippen LogP contribution in [0.15, 0.2) is 72.8 Å². The van der Waals surface area contributed by atoms with Gasteiger partial charge in [-0.15, -0.1) is 0 Å². The topological polar surface area (TPSA) is 465 Å². The van der Waals surface area contributed by atoms with Gasteiger partial charge in [-0.2, -0.15) is 0 Å². The molecule has 4 rings (SSSR count). The number of carboxylic acid groups (broad SMARTS) is 4. The van der Waals surface area contributed by atoms with Gasteiger partial charge in [0.2, 0.25) is 41.4 Å². The number of fused-ring (bicyclic) bond motifs is 2. The number of amides is 7. The van der Waals surface area contributed by atoms with Gasteiger partial charge in [-0.05, 0) is 153 Å². The van der Waals surface area contributed by atoms with E-state index >= 15 is 0 Å². The first-order valence-corrected chi connectivity index (χ1v) is 38.5. The predicted molar refractivity (Wildman–Crippen MR) is 397 cm³/mol. The Balaban J connectivity index is 1.11. The number of aliphatic carboxylic acids is 4. The minimum Gasteiger partial charge on any atom is -0.481 e. The van der Waals surface area contributed by atoms with Gasteiger partial charge in [-0.3, -0.25) is 52.5 Å². The summed E-state index contributed by atoms with van der Waals surface area (Å²) in [6.07, 6.45) is 6.53. The molecule has 7 atom stereocenters. The molecule has 1 aliphatic carbocycles. The van der Waals surface area contributed by atoms with Gasteiger partial charge in [0.15, 0.2) is 0 Å². The van der Waals surface area contributed by atoms with Crippen molar-refractivity contribution < 1.29 is 111 Å². The van der Waals surface area contributed by atoms with Crippen molar-refractivity contribution in [2.75, 3.05) is 79.1 Å². The molecule has 0 bridgehead atoms. The molecule has 586 valence electrons. The molecule has 0 heterocycles. The molecule has 13 N–H and O–H groups in total. The summed E-state index contributed by atoms with van der Waals surface area (Å²) in [5, 5.41) is 58.2. The van der Waals surface area contributed by atoms with Crippen molar-refractivity contribution in [2.24, 2.45) is 0 Å². The molecule has 0 aliphatic heterocycles. The molecule has 1 aliphatic rings. The fraction of sp³-hybridized carbons (Fsp3) is 0.562. The summed E-state index contributed by atoms with van der Waals surface area (Å²) in [6, 6.07) is 17.6. The maximum Gasteiger partial charge on any atom is 0.403 e. The lowest BCUT2D eigenvalue weighted by molar-refractivity contribution is -0.143. The van der Waals surface area contributed by atoms with E-state index < -0.39 is 104 Å². The number of hydrogen-bond acceptors (Lipinski definition) is 18. The number of Topliss-reactive ketones (excluding diaryl/α,β-unsaturated/α-hetero) is 1. The Morgan fingerprint density at radius 3 is 1.65 bits per heavy atom. The number of carbonyl (C=O) groups is 12. The quantitative estimate of drug-likeness (QED) is 0.0188. The summed E-state index contributed by atoms with van der Waals surface area (Å²) in [5.41, 5.74) is 5.21. The Kier molecular flexibility index (Phi) is 44.3. The standard InChI is InChI=1S/C73H104IN8O23P/c1-50(13-12-40-105-106(99,100)82-61(73(97)98)30-35-69(90)91)78-67(88)33-29-60(72(95)96)80-66(87)20-3-2-9-37-76-64(85)32-28-58(70(92)81-59(71(93)94)19-8-10-38-75-63(84)21-11-14-51-22-26-55(74)27-23-51)79-68(89)36-41-101-43-45-103-47-48-104-46-44-102-42-39-77-65(86)34-31-62(83)57-49-54-17-5-4-15-52(54)24-25-53-16-6-7-18-56(53)57/h4-7,15-18,22-27,50,57-61H,2-3,8-14,19-21,28-49H2,1H3,(H,75,84)(H,76,85)(H,77,86)(H,78,88)(H,79,89)(H,80,87)(H,81,92)(H,90,91)(H,93,94)(H,95,96)(H,97,98)(H2,82,99,100)/b25-24-/t50-,57?,58-,59+,60+,61+/m1/s1. The van der Waals surface area contributed by atoms with Crippen LogP contribution < -0.4 is 42.3 Å². The minimum absolute atomic E-state index is 0.00711. The van der Waals surface area contributed by atoms with Gasteiger partial charge in [0.1, 0.15) is 30.0 Å². The largest absolute Gasteiger partial charge is 0.481 e. The summed E-state index contributed by atoms with van der Waals surface area (Å²) in [6.45, 7) is 3.54. The predicted octanol–water partition coefficient (Wildman–Crippen LogP) is 5.50. The van der Waals surface area contributed by atoms with Crippen LogP contribution in [0.5, 0.6) is 0 Å². The number of rotatable bonds is 58. The molecule has 3 aromatic carbocycles. The average molecular weight is 1620 g/mol. The number of halogens is 1. The van der Waals surface area contributed by atoms with E-state index in [-0.39, 0.29) is 167 Å². The molecule has 0 radical (unpaired) electrons. The minimum atomic E-state index is -4.62. The number of aryl methyl sites for hydroxylation is 1. The van der Waals surface area contributed by atoms with Gasteiger partial charge < -0.3 is 81.5 Å². The van der Waals surface area contributed by atoms with Gasteiger partial charge in [-0.1, -0.05) is 79.2 Å². The fourth-order valence-electron chi connectivity index (χ4n) is 11.0. The number of benzene rings is 3. The Bertz CT molecular complexity index is 3380. The third-order valence-electron chi connectivity index (χ3n) is 16.8. The third kappa shape index (κ3) is 40.0. The highest BCUT2D eigenvalue weighted by atomic mass is 127. The molecule has 0 saturated carbocycles. The van der Waals surface area contributed by atoms with Crippen LogP contribution in [0.3, 0.4) is 0 Å². The number of unbranched alkanes of at least 4 members (excludes halogenated alkanes) is 3. The summed E-state index contributed by atoms with van der Waals surface area (Å²) >= 11 is 2.22. The summed E-state index contributed by atoms with van der Waals surface area (Å²) < 4.78 is 40.6. The Morgan fingerprint density at radius 1 is 0.462 bits per heavy atom. The average Bonchev–Trinajstić information content (AvgIpc) is 0.803. The zero-order valence-corrected chi connectivity index (χ0v) is 63.1. The molecular weight excluding hydrogens is 1510 g/mol. The highest BCUT2D eigenvalue weighted by Crippen LogP contribution is 2.38. The fourth-order valence-corrected chi connectivity index (χ4v) is 12.5. The molecule has 3 aromatic rings. The van der Waals surface area contributed by atoms with Crippen LogP contribution >= 0.6 is 30.3 Å². The number of nitrogens with one attached hydrogen (secondary N) is 8. The van der Waals surface area contributed by atoms with Crippen molar-refractivity contribution in [3.63, 3.8) is 0 Å². The Hall–Kier alpha value is -8.08. The Labute approximate surface area is 631 Å². The molecular formula is C73H104IN8O23P. The summed E-state index contributed by atoms with van der Waals surface area (Å²) in [5.74, 6) is -9.31. The van der Waals surface area contributed by atoms with Crippen LogP contribution in [-0.4, -0.2) is 206 Å². The van der Waals surface area contributed by atoms with E-state index in [2.05, 4.69) is 65.9 Å². The van der Waals surface area contributed by atoms with Crippen molar-refractivity contribution in [3.8, 4) is 0 Å². The molecule has 0 saturated heterocycles. The van der Waals surface area contributed by atoms with Gasteiger partial charge >= 0.3 is 31.6 Å². The van der Waals surface area contributed by atoms with Gasteiger partial charge in [0.05, 0.1) is 59.5 Å². The molecule has 33 heteroatoms. The first-order valence-electron chi connectivity index (χ1n) is 35.9. The van der Waals surface area contributed by atoms with Gasteiger partial charge in [0, 0.05) is 86.5 Å². The first-order chi connectivity index (χ1) is 50.8. The second-order valence-electron chi connectivity index (χ2n) is 25.4. The van der Waals surface area contributed by atoms with Crippen LogP contribution in [0.2, 0.25) is 0 Å². The Morgan fingerprint density at radius 2 is 0.981 bits per heavy atom. The van der Waals surface area contributed by atoms with Crippen LogP contribution in [0, 0.1) is 3.57 Å². The van der Waals surface area contributed by atoms with Crippen molar-refractivity contribution in [2.45, 2.75) is 184 Å². The van der Waals surface area contributed by atoms with Gasteiger partial charge in [-0.25, -0.2) is 19.2 Å². The second-order valence-corrected chi connectivity index (χ2v) is 28.2. The number of ether oxygens (including phenoxy) is 4. The van der Waals surface area contributed by atoms with Crippen molar-refractivity contribution in [3.05, 3.63) is 104 Å². The molecule has 106 heavy (non-hydrogen) atoms. The molecule has 0 aromatic heterocycles. The van der Waals surface area contributed by atoms with Crippen LogP contribution in [0.1, 0.15) is 169 Å². The monoisotopic (exact) mass is 1620 g/mol. The molecule has 7 amide bonds. The van der Waals surface area contributed by atoms with E-state index in [1.807, 2.05) is 84.0 Å². The smallest absolute Gasteiger partial charge is 0.403 e. The van der Waals surface area contributed by atoms with E-state index in [4.69, 9.17) is 28.6 Å². The van der Waals surface area contributed by atoms with Crippen LogP contribution in [-0.2, 0) is 98.4 Å². The van der Waals surface area contributed by atoms with E-state index in [0.717, 1.165) is 37.8 Å². The lowest BCUT2D eigenvalue weighted by Gasteiger charge is -2.22. The van der Waals surface area contributed by atoms with Gasteiger partial charge in [0.25, 0.3) is 0 Å². The number of carboxylic acids is 4. The zero-order valence-electron chi connectivity index (χ0n) is 60.0. The second kappa shape index (κ2) is 52.0. The normalized spacial score (nSPS) is 14.6. The number of carbonyl (C=O) groups excluding carboxylic acids is 8. The maximum absolute atomic E-state index is 13.7. The highest BCUT2D eigenvalue weighted by Gasteiger charge is 2.31. The number of hydrogen-bond donors (Lipinski definition) is 13.